The van der Waals surface area contributed by atoms with Crippen LogP contribution >= 0.6 is 0 Å². The monoisotopic (exact) mass is 714 g/mol. The summed E-state index contributed by atoms with van der Waals surface area (Å²) in [5.74, 6) is 0. The van der Waals surface area contributed by atoms with Crippen molar-refractivity contribution in [2.45, 2.75) is 0 Å². The van der Waals surface area contributed by atoms with Crippen LogP contribution in [0.25, 0.3) is 72.0 Å². The summed E-state index contributed by atoms with van der Waals surface area (Å²) in [5.41, 5.74) is 16.5. The first-order valence-corrected chi connectivity index (χ1v) is 19.2. The highest BCUT2D eigenvalue weighted by Crippen LogP contribution is 2.39. The van der Waals surface area contributed by atoms with Crippen molar-refractivity contribution < 1.29 is 0 Å². The molecule has 0 aliphatic heterocycles. The van der Waals surface area contributed by atoms with Gasteiger partial charge in [0.2, 0.25) is 0 Å². The molecule has 2 nitrogen and oxygen atoms in total. The van der Waals surface area contributed by atoms with Gasteiger partial charge < -0.3 is 9.47 Å². The highest BCUT2D eigenvalue weighted by molar-refractivity contribution is 6.09. The normalized spacial score (nSPS) is 11.2. The molecule has 0 bridgehead atoms. The molecule has 0 fully saturated rings. The Morgan fingerprint density at radius 1 is 0.232 bits per heavy atom. The lowest BCUT2D eigenvalue weighted by Crippen LogP contribution is -2.10. The summed E-state index contributed by atoms with van der Waals surface area (Å²) in [7, 11) is 0. The van der Waals surface area contributed by atoms with E-state index in [-0.39, 0.29) is 0 Å². The molecule has 9 aromatic carbocycles. The van der Waals surface area contributed by atoms with Crippen LogP contribution in [-0.4, -0.2) is 4.57 Å². The fourth-order valence-corrected chi connectivity index (χ4v) is 7.98. The zero-order chi connectivity index (χ0) is 37.3. The van der Waals surface area contributed by atoms with Crippen LogP contribution in [0.2, 0.25) is 0 Å². The average molecular weight is 715 g/mol. The third-order valence-corrected chi connectivity index (χ3v) is 10.8. The molecule has 0 aliphatic rings. The molecule has 0 amide bonds. The highest BCUT2D eigenvalue weighted by atomic mass is 15.1. The molecule has 0 aliphatic carbocycles. The quantitative estimate of drug-likeness (QED) is 0.152. The summed E-state index contributed by atoms with van der Waals surface area (Å²) in [5, 5.41) is 2.52. The number of hydrogen-bond donors (Lipinski definition) is 0. The maximum Gasteiger partial charge on any atom is 0.0541 e. The van der Waals surface area contributed by atoms with Crippen molar-refractivity contribution in [3.63, 3.8) is 0 Å². The van der Waals surface area contributed by atoms with Crippen molar-refractivity contribution in [1.82, 2.24) is 4.57 Å². The second-order valence-corrected chi connectivity index (χ2v) is 14.2. The maximum atomic E-state index is 2.37. The fourth-order valence-electron chi connectivity index (χ4n) is 7.98. The van der Waals surface area contributed by atoms with E-state index in [0.717, 1.165) is 22.7 Å². The van der Waals surface area contributed by atoms with Crippen LogP contribution < -0.4 is 4.90 Å². The topological polar surface area (TPSA) is 8.17 Å². The van der Waals surface area contributed by atoms with Crippen LogP contribution in [0.5, 0.6) is 0 Å². The molecule has 0 N–H and O–H groups in total. The van der Waals surface area contributed by atoms with Crippen LogP contribution in [0.4, 0.5) is 17.1 Å². The second kappa shape index (κ2) is 14.4. The molecule has 0 atom stereocenters. The molecule has 0 spiro atoms. The van der Waals surface area contributed by atoms with Crippen molar-refractivity contribution in [2.75, 3.05) is 4.90 Å². The Kier molecular flexibility index (Phi) is 8.55. The minimum absolute atomic E-state index is 1.09. The van der Waals surface area contributed by atoms with E-state index in [2.05, 4.69) is 240 Å². The first kappa shape index (κ1) is 33.2. The third kappa shape index (κ3) is 6.24. The first-order valence-electron chi connectivity index (χ1n) is 19.2. The Hall–Kier alpha value is -7.42. The molecule has 1 heterocycles. The van der Waals surface area contributed by atoms with Crippen LogP contribution in [0.1, 0.15) is 0 Å². The molecular formula is C54H38N2. The Morgan fingerprint density at radius 3 is 0.857 bits per heavy atom. The van der Waals surface area contributed by atoms with Gasteiger partial charge in [0.15, 0.2) is 0 Å². The number of fused-ring (bicyclic) bond motifs is 3. The molecule has 0 unspecified atom stereocenters. The number of rotatable bonds is 8. The molecule has 10 aromatic rings. The van der Waals surface area contributed by atoms with Gasteiger partial charge in [-0.3, -0.25) is 0 Å². The molecule has 0 radical (unpaired) electrons. The van der Waals surface area contributed by atoms with E-state index in [4.69, 9.17) is 0 Å². The Balaban J connectivity index is 1.00. The number of para-hydroxylation sites is 2. The smallest absolute Gasteiger partial charge is 0.0541 e. The molecule has 1 aromatic heterocycles. The molecule has 56 heavy (non-hydrogen) atoms. The Labute approximate surface area is 327 Å². The standard InChI is InChI=1S/C54H38N2/c1-3-11-39(12-4-1)41-19-23-43(24-20-41)45-27-31-47(32-28-45)55(48-33-29-46(30-34-48)44-25-21-42(22-26-44)40-13-5-2-6-14-40)49-35-37-50(38-36-49)56-53-17-9-7-15-51(53)52-16-8-10-18-54(52)56/h1-38H. The zero-order valence-corrected chi connectivity index (χ0v) is 30.8. The van der Waals surface area contributed by atoms with Crippen molar-refractivity contribution in [3.05, 3.63) is 231 Å². The van der Waals surface area contributed by atoms with E-state index in [1.54, 1.807) is 0 Å². The number of aromatic nitrogens is 1. The minimum atomic E-state index is 1.09. The largest absolute Gasteiger partial charge is 0.311 e. The summed E-state index contributed by atoms with van der Waals surface area (Å²) >= 11 is 0. The van der Waals surface area contributed by atoms with Gasteiger partial charge in [0, 0.05) is 33.5 Å². The van der Waals surface area contributed by atoms with Crippen LogP contribution in [0.15, 0.2) is 231 Å². The van der Waals surface area contributed by atoms with Gasteiger partial charge in [0.25, 0.3) is 0 Å². The van der Waals surface area contributed by atoms with E-state index in [9.17, 15) is 0 Å². The highest BCUT2D eigenvalue weighted by Gasteiger charge is 2.16. The SMILES string of the molecule is c1ccc(-c2ccc(-c3ccc(N(c4ccc(-c5ccc(-c6ccccc6)cc5)cc4)c4ccc(-n5c6ccccc6c6ccccc65)cc4)cc3)cc2)cc1. The van der Waals surface area contributed by atoms with Crippen molar-refractivity contribution >= 4 is 38.9 Å². The second-order valence-electron chi connectivity index (χ2n) is 14.2. The third-order valence-electron chi connectivity index (χ3n) is 10.8. The molecular weight excluding hydrogens is 677 g/mol. The summed E-state index contributed by atoms with van der Waals surface area (Å²) in [6.07, 6.45) is 0. The Bertz CT molecular complexity index is 2710. The fraction of sp³-hybridized carbons (Fsp3) is 0. The van der Waals surface area contributed by atoms with Crippen molar-refractivity contribution in [1.29, 1.82) is 0 Å². The van der Waals surface area contributed by atoms with Crippen LogP contribution in [0.3, 0.4) is 0 Å². The maximum absolute atomic E-state index is 2.37. The van der Waals surface area contributed by atoms with Gasteiger partial charge in [-0.15, -0.1) is 0 Å². The van der Waals surface area contributed by atoms with E-state index >= 15 is 0 Å². The zero-order valence-electron chi connectivity index (χ0n) is 30.8. The van der Waals surface area contributed by atoms with E-state index in [1.807, 2.05) is 0 Å². The van der Waals surface area contributed by atoms with E-state index < -0.39 is 0 Å². The van der Waals surface area contributed by atoms with Crippen molar-refractivity contribution in [3.8, 4) is 50.2 Å². The number of hydrogen-bond acceptors (Lipinski definition) is 1. The molecule has 0 saturated carbocycles. The number of nitrogens with zero attached hydrogens (tertiary/aromatic N) is 2. The minimum Gasteiger partial charge on any atom is -0.311 e. The van der Waals surface area contributed by atoms with Gasteiger partial charge in [-0.2, -0.15) is 0 Å². The lowest BCUT2D eigenvalue weighted by Gasteiger charge is -2.26. The summed E-state index contributed by atoms with van der Waals surface area (Å²) in [6, 6.07) is 82.9. The van der Waals surface area contributed by atoms with Gasteiger partial charge in [0.05, 0.1) is 11.0 Å². The first-order chi connectivity index (χ1) is 27.8. The summed E-state index contributed by atoms with van der Waals surface area (Å²) < 4.78 is 2.37. The average Bonchev–Trinajstić information content (AvgIpc) is 3.62. The summed E-state index contributed by atoms with van der Waals surface area (Å²) in [4.78, 5) is 2.35. The van der Waals surface area contributed by atoms with Gasteiger partial charge in [-0.05, 0) is 105 Å². The van der Waals surface area contributed by atoms with Gasteiger partial charge in [-0.25, -0.2) is 0 Å². The molecule has 10 rings (SSSR count). The molecule has 264 valence electrons. The number of benzene rings is 9. The molecule has 2 heteroatoms. The summed E-state index contributed by atoms with van der Waals surface area (Å²) in [6.45, 7) is 0. The predicted molar refractivity (Wildman–Crippen MR) is 237 cm³/mol. The predicted octanol–water partition coefficient (Wildman–Crippen LogP) is 14.9. The van der Waals surface area contributed by atoms with Gasteiger partial charge >= 0.3 is 0 Å². The molecule has 0 saturated heterocycles. The van der Waals surface area contributed by atoms with Crippen LogP contribution in [-0.2, 0) is 0 Å². The Morgan fingerprint density at radius 2 is 0.500 bits per heavy atom. The van der Waals surface area contributed by atoms with E-state index in [0.29, 0.717) is 0 Å². The van der Waals surface area contributed by atoms with E-state index in [1.165, 1.54) is 66.3 Å². The van der Waals surface area contributed by atoms with Gasteiger partial charge in [-0.1, -0.05) is 170 Å². The van der Waals surface area contributed by atoms with Crippen molar-refractivity contribution in [2.24, 2.45) is 0 Å². The lowest BCUT2D eigenvalue weighted by atomic mass is 9.99. The van der Waals surface area contributed by atoms with Crippen LogP contribution in [0, 0.1) is 0 Å². The number of anilines is 3. The van der Waals surface area contributed by atoms with Gasteiger partial charge in [0.1, 0.15) is 0 Å². The lowest BCUT2D eigenvalue weighted by molar-refractivity contribution is 1.17.